The van der Waals surface area contributed by atoms with E-state index in [1.807, 2.05) is 11.8 Å². The van der Waals surface area contributed by atoms with Gasteiger partial charge in [0.25, 0.3) is 0 Å². The number of amides is 3. The molecule has 0 radical (unpaired) electrons. The molecule has 3 aliphatic rings. The first-order chi connectivity index (χ1) is 15.6. The van der Waals surface area contributed by atoms with Crippen LogP contribution in [-0.4, -0.2) is 67.4 Å². The van der Waals surface area contributed by atoms with Gasteiger partial charge in [0.15, 0.2) is 0 Å². The fourth-order valence-corrected chi connectivity index (χ4v) is 5.56. The van der Waals surface area contributed by atoms with Crippen LogP contribution in [0, 0.1) is 0 Å². The van der Waals surface area contributed by atoms with Crippen molar-refractivity contribution in [3.63, 3.8) is 0 Å². The van der Waals surface area contributed by atoms with E-state index in [4.69, 9.17) is 9.47 Å². The maximum absolute atomic E-state index is 12.9. The molecule has 2 atom stereocenters. The third-order valence-corrected chi connectivity index (χ3v) is 7.28. The summed E-state index contributed by atoms with van der Waals surface area (Å²) in [5, 5.41) is 6.16. The Balaban J connectivity index is 1.42. The maximum atomic E-state index is 12.9. The van der Waals surface area contributed by atoms with Crippen LogP contribution in [0.4, 0.5) is 4.79 Å². The molecule has 32 heavy (non-hydrogen) atoms. The predicted molar refractivity (Wildman–Crippen MR) is 123 cm³/mol. The number of piperidine rings is 1. The van der Waals surface area contributed by atoms with E-state index in [0.29, 0.717) is 45.2 Å². The summed E-state index contributed by atoms with van der Waals surface area (Å²) in [4.78, 5) is 27.1. The minimum absolute atomic E-state index is 0.00591. The Morgan fingerprint density at radius 3 is 2.78 bits per heavy atom. The number of carbonyl (C=O) groups is 2. The Labute approximate surface area is 191 Å². The molecule has 1 aromatic carbocycles. The molecule has 2 heterocycles. The average molecular weight is 444 g/mol. The number of likely N-dealkylation sites (tertiary alicyclic amines) is 1. The molecule has 1 aromatic rings. The Hall–Kier alpha value is -2.12. The van der Waals surface area contributed by atoms with Gasteiger partial charge in [0.1, 0.15) is 0 Å². The summed E-state index contributed by atoms with van der Waals surface area (Å²) in [6.45, 7) is 4.42. The number of nitrogens with one attached hydrogen (secondary N) is 2. The van der Waals surface area contributed by atoms with Crippen molar-refractivity contribution >= 4 is 11.9 Å². The van der Waals surface area contributed by atoms with Crippen molar-refractivity contribution in [1.29, 1.82) is 0 Å². The van der Waals surface area contributed by atoms with Crippen molar-refractivity contribution in [2.75, 3.05) is 32.9 Å². The van der Waals surface area contributed by atoms with Crippen LogP contribution < -0.4 is 10.6 Å². The van der Waals surface area contributed by atoms with Gasteiger partial charge in [0.05, 0.1) is 37.5 Å². The molecule has 1 saturated carbocycles. The fourth-order valence-electron chi connectivity index (χ4n) is 5.56. The van der Waals surface area contributed by atoms with Crippen LogP contribution in [0.5, 0.6) is 0 Å². The van der Waals surface area contributed by atoms with E-state index in [1.54, 1.807) is 0 Å². The zero-order valence-corrected chi connectivity index (χ0v) is 19.2. The van der Waals surface area contributed by atoms with Gasteiger partial charge in [-0.1, -0.05) is 30.3 Å². The summed E-state index contributed by atoms with van der Waals surface area (Å²) in [5.41, 5.74) is 0.830. The standard InChI is InChI=1S/C25H37N3O4/c1-2-26-24(30)28-15-6-14-25(18-31-16-13-23(29)27-25)22(28)17-32-21-11-9-20(10-12-21)19-7-4-3-5-8-19/h3-5,7-8,20-22H,2,6,9-18H2,1H3,(H,26,30)(H,27,29)/t20-,21+,22?,25?. The number of hydrogen-bond acceptors (Lipinski definition) is 4. The maximum Gasteiger partial charge on any atom is 0.317 e. The van der Waals surface area contributed by atoms with Gasteiger partial charge in [-0.15, -0.1) is 0 Å². The van der Waals surface area contributed by atoms with Gasteiger partial charge < -0.3 is 25.0 Å². The summed E-state index contributed by atoms with van der Waals surface area (Å²) >= 11 is 0. The van der Waals surface area contributed by atoms with Gasteiger partial charge >= 0.3 is 6.03 Å². The molecule has 7 nitrogen and oxygen atoms in total. The molecule has 3 amide bonds. The summed E-state index contributed by atoms with van der Waals surface area (Å²) < 4.78 is 12.3. The highest BCUT2D eigenvalue weighted by atomic mass is 16.5. The smallest absolute Gasteiger partial charge is 0.317 e. The van der Waals surface area contributed by atoms with Gasteiger partial charge in [0, 0.05) is 19.5 Å². The van der Waals surface area contributed by atoms with E-state index in [9.17, 15) is 9.59 Å². The number of nitrogens with zero attached hydrogens (tertiary/aromatic N) is 1. The average Bonchev–Trinajstić information content (AvgIpc) is 3.00. The number of benzene rings is 1. The number of carbonyl (C=O) groups excluding carboxylic acids is 2. The largest absolute Gasteiger partial charge is 0.378 e. The number of ether oxygens (including phenoxy) is 2. The topological polar surface area (TPSA) is 79.9 Å². The number of urea groups is 1. The Bertz CT molecular complexity index is 766. The third kappa shape index (κ3) is 5.26. The molecule has 2 N–H and O–H groups in total. The van der Waals surface area contributed by atoms with Crippen molar-refractivity contribution in [2.45, 2.75) is 75.5 Å². The van der Waals surface area contributed by atoms with E-state index in [-0.39, 0.29) is 24.1 Å². The molecule has 4 rings (SSSR count). The lowest BCUT2D eigenvalue weighted by atomic mass is 9.81. The Kier molecular flexibility index (Phi) is 7.68. The minimum atomic E-state index is -0.585. The lowest BCUT2D eigenvalue weighted by Gasteiger charge is -2.49. The molecular weight excluding hydrogens is 406 g/mol. The van der Waals surface area contributed by atoms with Crippen LogP contribution in [0.2, 0.25) is 0 Å². The summed E-state index contributed by atoms with van der Waals surface area (Å²) in [6, 6.07) is 10.4. The zero-order valence-electron chi connectivity index (χ0n) is 19.2. The number of hydrogen-bond donors (Lipinski definition) is 2. The summed E-state index contributed by atoms with van der Waals surface area (Å²) in [7, 11) is 0. The molecule has 176 valence electrons. The lowest BCUT2D eigenvalue weighted by molar-refractivity contribution is -0.124. The normalized spacial score (nSPS) is 31.1. The van der Waals surface area contributed by atoms with Crippen molar-refractivity contribution in [3.05, 3.63) is 35.9 Å². The molecule has 0 aromatic heterocycles. The zero-order chi connectivity index (χ0) is 22.4. The van der Waals surface area contributed by atoms with E-state index in [1.165, 1.54) is 5.56 Å². The van der Waals surface area contributed by atoms with E-state index < -0.39 is 5.54 Å². The first kappa shape index (κ1) is 23.1. The quantitative estimate of drug-likeness (QED) is 0.733. The second-order valence-electron chi connectivity index (χ2n) is 9.37. The highest BCUT2D eigenvalue weighted by Crippen LogP contribution is 2.35. The Morgan fingerprint density at radius 1 is 1.25 bits per heavy atom. The predicted octanol–water partition coefficient (Wildman–Crippen LogP) is 3.20. The molecule has 0 bridgehead atoms. The van der Waals surface area contributed by atoms with Crippen molar-refractivity contribution in [3.8, 4) is 0 Å². The van der Waals surface area contributed by atoms with E-state index >= 15 is 0 Å². The van der Waals surface area contributed by atoms with Crippen LogP contribution in [0.3, 0.4) is 0 Å². The molecule has 3 fully saturated rings. The molecular formula is C25H37N3O4. The number of rotatable bonds is 5. The van der Waals surface area contributed by atoms with Crippen LogP contribution in [0.1, 0.15) is 63.4 Å². The monoisotopic (exact) mass is 443 g/mol. The summed E-state index contributed by atoms with van der Waals surface area (Å²) in [6.07, 6.45) is 6.44. The van der Waals surface area contributed by atoms with Gasteiger partial charge in [-0.3, -0.25) is 4.79 Å². The van der Waals surface area contributed by atoms with E-state index in [2.05, 4.69) is 41.0 Å². The van der Waals surface area contributed by atoms with Crippen molar-refractivity contribution in [1.82, 2.24) is 15.5 Å². The Morgan fingerprint density at radius 2 is 2.03 bits per heavy atom. The van der Waals surface area contributed by atoms with Crippen molar-refractivity contribution < 1.29 is 19.1 Å². The highest BCUT2D eigenvalue weighted by molar-refractivity contribution is 5.78. The molecule has 7 heteroatoms. The third-order valence-electron chi connectivity index (χ3n) is 7.28. The second kappa shape index (κ2) is 10.7. The van der Waals surface area contributed by atoms with Crippen LogP contribution in [0.15, 0.2) is 30.3 Å². The fraction of sp³-hybridized carbons (Fsp3) is 0.680. The molecule has 2 aliphatic heterocycles. The summed E-state index contributed by atoms with van der Waals surface area (Å²) in [5.74, 6) is 0.590. The highest BCUT2D eigenvalue weighted by Gasteiger charge is 2.49. The van der Waals surface area contributed by atoms with E-state index in [0.717, 1.165) is 38.5 Å². The van der Waals surface area contributed by atoms with Crippen LogP contribution >= 0.6 is 0 Å². The molecule has 1 aliphatic carbocycles. The van der Waals surface area contributed by atoms with Gasteiger partial charge in [-0.25, -0.2) is 4.79 Å². The molecule has 1 spiro atoms. The minimum Gasteiger partial charge on any atom is -0.378 e. The molecule has 2 saturated heterocycles. The molecule has 2 unspecified atom stereocenters. The van der Waals surface area contributed by atoms with Gasteiger partial charge in [-0.2, -0.15) is 0 Å². The van der Waals surface area contributed by atoms with Crippen LogP contribution in [-0.2, 0) is 14.3 Å². The SMILES string of the molecule is CCNC(=O)N1CCCC2(COCCC(=O)N2)C1CO[C@H]1CC[C@@H](c2ccccc2)CC1. The van der Waals surface area contributed by atoms with Crippen molar-refractivity contribution in [2.24, 2.45) is 0 Å². The van der Waals surface area contributed by atoms with Gasteiger partial charge in [-0.05, 0) is 56.9 Å². The first-order valence-corrected chi connectivity index (χ1v) is 12.2. The first-order valence-electron chi connectivity index (χ1n) is 12.2. The lowest BCUT2D eigenvalue weighted by Crippen LogP contribution is -2.70. The van der Waals surface area contributed by atoms with Gasteiger partial charge in [0.2, 0.25) is 5.91 Å². The second-order valence-corrected chi connectivity index (χ2v) is 9.37. The van der Waals surface area contributed by atoms with Crippen LogP contribution in [0.25, 0.3) is 0 Å².